The van der Waals surface area contributed by atoms with Crippen molar-refractivity contribution in [1.29, 1.82) is 5.26 Å². The third-order valence-corrected chi connectivity index (χ3v) is 2.27. The molecule has 2 heteroatoms. The maximum Gasteiger partial charge on any atom is 0.0621 e. The molecule has 0 spiro atoms. The fourth-order valence-corrected chi connectivity index (χ4v) is 1.18. The quantitative estimate of drug-likeness (QED) is 0.656. The highest BCUT2D eigenvalue weighted by Gasteiger charge is 2.17. The van der Waals surface area contributed by atoms with Crippen LogP contribution in [-0.2, 0) is 0 Å². The lowest BCUT2D eigenvalue weighted by molar-refractivity contribution is 0.304. The standard InChI is InChI=1S/C12H20N2/c1-5-7-11(2)14-10-12(3,4)8-6-9-13/h1,11,14H,6-8,10H2,2-4H3. The fourth-order valence-electron chi connectivity index (χ4n) is 1.18. The zero-order valence-corrected chi connectivity index (χ0v) is 9.43. The molecule has 0 aliphatic heterocycles. The number of rotatable bonds is 6. The van der Waals surface area contributed by atoms with Crippen molar-refractivity contribution in [3.63, 3.8) is 0 Å². The minimum atomic E-state index is 0.179. The van der Waals surface area contributed by atoms with Gasteiger partial charge < -0.3 is 5.32 Å². The number of nitrogens with one attached hydrogen (secondary N) is 1. The second-order valence-electron chi connectivity index (χ2n) is 4.51. The Morgan fingerprint density at radius 1 is 1.50 bits per heavy atom. The van der Waals surface area contributed by atoms with E-state index in [0.29, 0.717) is 12.5 Å². The molecule has 0 radical (unpaired) electrons. The molecule has 1 unspecified atom stereocenters. The largest absolute Gasteiger partial charge is 0.313 e. The number of hydrogen-bond donors (Lipinski definition) is 1. The van der Waals surface area contributed by atoms with E-state index < -0.39 is 0 Å². The van der Waals surface area contributed by atoms with E-state index in [9.17, 15) is 0 Å². The molecule has 2 nitrogen and oxygen atoms in total. The van der Waals surface area contributed by atoms with Crippen molar-refractivity contribution in [3.05, 3.63) is 0 Å². The minimum absolute atomic E-state index is 0.179. The molecule has 1 atom stereocenters. The summed E-state index contributed by atoms with van der Waals surface area (Å²) >= 11 is 0. The van der Waals surface area contributed by atoms with Crippen LogP contribution < -0.4 is 5.32 Å². The summed E-state index contributed by atoms with van der Waals surface area (Å²) < 4.78 is 0. The Hall–Kier alpha value is -0.990. The molecule has 0 amide bonds. The van der Waals surface area contributed by atoms with Crippen molar-refractivity contribution in [2.45, 2.75) is 46.1 Å². The smallest absolute Gasteiger partial charge is 0.0621 e. The van der Waals surface area contributed by atoms with Gasteiger partial charge in [-0.25, -0.2) is 0 Å². The molecule has 0 aromatic rings. The second-order valence-corrected chi connectivity index (χ2v) is 4.51. The molecule has 0 fully saturated rings. The number of hydrogen-bond acceptors (Lipinski definition) is 2. The van der Waals surface area contributed by atoms with Gasteiger partial charge in [-0.3, -0.25) is 0 Å². The summed E-state index contributed by atoms with van der Waals surface area (Å²) in [5.41, 5.74) is 0.179. The van der Waals surface area contributed by atoms with Crippen LogP contribution in [0.15, 0.2) is 0 Å². The van der Waals surface area contributed by atoms with Crippen molar-refractivity contribution in [2.24, 2.45) is 5.41 Å². The summed E-state index contributed by atoms with van der Waals surface area (Å²) in [5, 5.41) is 11.9. The van der Waals surface area contributed by atoms with E-state index in [1.165, 1.54) is 0 Å². The molecular formula is C12H20N2. The van der Waals surface area contributed by atoms with Crippen molar-refractivity contribution < 1.29 is 0 Å². The van der Waals surface area contributed by atoms with Gasteiger partial charge in [-0.05, 0) is 18.8 Å². The summed E-state index contributed by atoms with van der Waals surface area (Å²) in [6.07, 6.45) is 7.53. The molecule has 78 valence electrons. The van der Waals surface area contributed by atoms with Gasteiger partial charge in [0.1, 0.15) is 0 Å². The molecule has 0 aromatic carbocycles. The Bertz CT molecular complexity index is 230. The van der Waals surface area contributed by atoms with Gasteiger partial charge in [0.25, 0.3) is 0 Å². The van der Waals surface area contributed by atoms with Crippen LogP contribution in [0.4, 0.5) is 0 Å². The van der Waals surface area contributed by atoms with Gasteiger partial charge in [0.2, 0.25) is 0 Å². The molecule has 14 heavy (non-hydrogen) atoms. The van der Waals surface area contributed by atoms with Crippen molar-refractivity contribution in [1.82, 2.24) is 5.32 Å². The zero-order chi connectivity index (χ0) is 11.0. The van der Waals surface area contributed by atoms with Gasteiger partial charge in [-0.15, -0.1) is 12.3 Å². The van der Waals surface area contributed by atoms with Gasteiger partial charge >= 0.3 is 0 Å². The summed E-state index contributed by atoms with van der Waals surface area (Å²) in [4.78, 5) is 0. The first-order chi connectivity index (χ1) is 6.52. The van der Waals surface area contributed by atoms with E-state index >= 15 is 0 Å². The molecule has 0 heterocycles. The maximum absolute atomic E-state index is 8.49. The molecule has 0 aromatic heterocycles. The Kier molecular flexibility index (Phi) is 6.00. The van der Waals surface area contributed by atoms with Crippen LogP contribution >= 0.6 is 0 Å². The molecule has 0 aliphatic carbocycles. The number of nitriles is 1. The molecular weight excluding hydrogens is 172 g/mol. The van der Waals surface area contributed by atoms with Gasteiger partial charge in [0.05, 0.1) is 6.07 Å². The first kappa shape index (κ1) is 13.0. The summed E-state index contributed by atoms with van der Waals surface area (Å²) in [5.74, 6) is 2.63. The van der Waals surface area contributed by atoms with E-state index in [-0.39, 0.29) is 5.41 Å². The molecule has 1 N–H and O–H groups in total. The monoisotopic (exact) mass is 192 g/mol. The molecule has 0 bridgehead atoms. The van der Waals surface area contributed by atoms with Crippen molar-refractivity contribution >= 4 is 0 Å². The Balaban J connectivity index is 3.76. The first-order valence-corrected chi connectivity index (χ1v) is 5.05. The van der Waals surface area contributed by atoms with E-state index in [4.69, 9.17) is 11.7 Å². The lowest BCUT2D eigenvalue weighted by Crippen LogP contribution is -2.35. The Labute approximate surface area is 87.7 Å². The number of nitrogens with zero attached hydrogens (tertiary/aromatic N) is 1. The molecule has 0 saturated heterocycles. The topological polar surface area (TPSA) is 35.8 Å². The van der Waals surface area contributed by atoms with Gasteiger partial charge in [0.15, 0.2) is 0 Å². The summed E-state index contributed by atoms with van der Waals surface area (Å²) in [6.45, 7) is 7.33. The summed E-state index contributed by atoms with van der Waals surface area (Å²) in [7, 11) is 0. The van der Waals surface area contributed by atoms with Crippen LogP contribution in [0.1, 0.15) is 40.0 Å². The van der Waals surface area contributed by atoms with Crippen LogP contribution in [0, 0.1) is 29.1 Å². The lowest BCUT2D eigenvalue weighted by Gasteiger charge is -2.25. The minimum Gasteiger partial charge on any atom is -0.313 e. The van der Waals surface area contributed by atoms with E-state index in [0.717, 1.165) is 19.4 Å². The van der Waals surface area contributed by atoms with Gasteiger partial charge in [-0.1, -0.05) is 13.8 Å². The summed E-state index contributed by atoms with van der Waals surface area (Å²) in [6, 6.07) is 2.54. The van der Waals surface area contributed by atoms with Gasteiger partial charge in [0, 0.05) is 25.4 Å². The maximum atomic E-state index is 8.49. The molecule has 0 rings (SSSR count). The lowest BCUT2D eigenvalue weighted by atomic mass is 9.88. The van der Waals surface area contributed by atoms with Crippen molar-refractivity contribution in [3.8, 4) is 18.4 Å². The van der Waals surface area contributed by atoms with Crippen LogP contribution in [0.5, 0.6) is 0 Å². The average molecular weight is 192 g/mol. The highest BCUT2D eigenvalue weighted by atomic mass is 14.9. The second kappa shape index (κ2) is 6.46. The van der Waals surface area contributed by atoms with Crippen LogP contribution in [0.3, 0.4) is 0 Å². The van der Waals surface area contributed by atoms with E-state index in [1.807, 2.05) is 0 Å². The third kappa shape index (κ3) is 6.52. The average Bonchev–Trinajstić information content (AvgIpc) is 2.13. The highest BCUT2D eigenvalue weighted by molar-refractivity contribution is 4.89. The van der Waals surface area contributed by atoms with Crippen LogP contribution in [0.25, 0.3) is 0 Å². The Morgan fingerprint density at radius 3 is 2.64 bits per heavy atom. The van der Waals surface area contributed by atoms with Crippen LogP contribution in [-0.4, -0.2) is 12.6 Å². The predicted molar refractivity (Wildman–Crippen MR) is 59.5 cm³/mol. The zero-order valence-electron chi connectivity index (χ0n) is 9.43. The SMILES string of the molecule is C#CCC(C)NCC(C)(C)CCC#N. The Morgan fingerprint density at radius 2 is 2.14 bits per heavy atom. The molecule has 0 aliphatic rings. The highest BCUT2D eigenvalue weighted by Crippen LogP contribution is 2.20. The fraction of sp³-hybridized carbons (Fsp3) is 0.750. The van der Waals surface area contributed by atoms with Crippen LogP contribution in [0.2, 0.25) is 0 Å². The number of terminal acetylenes is 1. The van der Waals surface area contributed by atoms with E-state index in [1.54, 1.807) is 0 Å². The normalized spacial score (nSPS) is 12.9. The predicted octanol–water partition coefficient (Wildman–Crippen LogP) is 2.32. The molecule has 0 saturated carbocycles. The van der Waals surface area contributed by atoms with Crippen molar-refractivity contribution in [2.75, 3.05) is 6.54 Å². The first-order valence-electron chi connectivity index (χ1n) is 5.05. The third-order valence-electron chi connectivity index (χ3n) is 2.27. The van der Waals surface area contributed by atoms with Gasteiger partial charge in [-0.2, -0.15) is 5.26 Å². The van der Waals surface area contributed by atoms with E-state index in [2.05, 4.69) is 38.1 Å².